The van der Waals surface area contributed by atoms with Crippen LogP contribution in [0.5, 0.6) is 0 Å². The van der Waals surface area contributed by atoms with E-state index in [0.717, 1.165) is 10.1 Å². The minimum absolute atomic E-state index is 0.279. The Morgan fingerprint density at radius 3 is 2.43 bits per heavy atom. The Morgan fingerprint density at radius 1 is 1.14 bits per heavy atom. The number of benzene rings is 1. The molecule has 0 bridgehead atoms. The smallest absolute Gasteiger partial charge is 0.280 e. The van der Waals surface area contributed by atoms with Gasteiger partial charge in [-0.2, -0.15) is 0 Å². The molecule has 6 nitrogen and oxygen atoms in total. The summed E-state index contributed by atoms with van der Waals surface area (Å²) in [5.41, 5.74) is -0.270. The number of aromatic nitrogens is 4. The zero-order valence-corrected chi connectivity index (χ0v) is 17.8. The van der Waals surface area contributed by atoms with Crippen LogP contribution in [0, 0.1) is 5.82 Å². The molecule has 0 fully saturated rings. The molecule has 148 valence electrons. The molecule has 0 aliphatic carbocycles. The summed E-state index contributed by atoms with van der Waals surface area (Å²) in [5, 5.41) is 1.05. The highest BCUT2D eigenvalue weighted by Crippen LogP contribution is 2.31. The SMILES string of the molecule is Cn1c(=O)c2c(SCc3ccc(F)cc3Cl)nc(C(C)(C)C)nc2n(C)c1=O. The summed E-state index contributed by atoms with van der Waals surface area (Å²) in [7, 11) is 3.00. The Bertz CT molecular complexity index is 1200. The highest BCUT2D eigenvalue weighted by molar-refractivity contribution is 7.98. The van der Waals surface area contributed by atoms with Crippen molar-refractivity contribution in [2.24, 2.45) is 14.1 Å². The number of halogens is 2. The van der Waals surface area contributed by atoms with Crippen LogP contribution in [0.4, 0.5) is 4.39 Å². The van der Waals surface area contributed by atoms with Gasteiger partial charge in [0, 0.05) is 30.3 Å². The molecule has 2 aromatic heterocycles. The Kier molecular flexibility index (Phi) is 5.38. The van der Waals surface area contributed by atoms with Crippen molar-refractivity contribution in [1.82, 2.24) is 19.1 Å². The van der Waals surface area contributed by atoms with Crippen LogP contribution in [0.3, 0.4) is 0 Å². The van der Waals surface area contributed by atoms with E-state index in [1.807, 2.05) is 20.8 Å². The first-order valence-electron chi connectivity index (χ1n) is 8.55. The fourth-order valence-corrected chi connectivity index (χ4v) is 3.98. The van der Waals surface area contributed by atoms with E-state index >= 15 is 0 Å². The van der Waals surface area contributed by atoms with Crippen molar-refractivity contribution < 1.29 is 4.39 Å². The zero-order chi connectivity index (χ0) is 20.8. The van der Waals surface area contributed by atoms with Crippen molar-refractivity contribution in [3.63, 3.8) is 0 Å². The molecule has 2 heterocycles. The molecule has 0 N–H and O–H groups in total. The van der Waals surface area contributed by atoms with Crippen molar-refractivity contribution in [3.8, 4) is 0 Å². The summed E-state index contributed by atoms with van der Waals surface area (Å²) in [6.45, 7) is 5.87. The lowest BCUT2D eigenvalue weighted by Gasteiger charge is -2.19. The summed E-state index contributed by atoms with van der Waals surface area (Å²) in [6, 6.07) is 4.19. The van der Waals surface area contributed by atoms with E-state index in [0.29, 0.717) is 27.3 Å². The van der Waals surface area contributed by atoms with Crippen LogP contribution in [-0.2, 0) is 25.3 Å². The predicted octanol–water partition coefficient (Wildman–Crippen LogP) is 3.41. The number of nitrogens with zero attached hydrogens (tertiary/aromatic N) is 4. The first kappa shape index (κ1) is 20.5. The molecule has 0 amide bonds. The van der Waals surface area contributed by atoms with Crippen LogP contribution >= 0.6 is 23.4 Å². The Balaban J connectivity index is 2.22. The summed E-state index contributed by atoms with van der Waals surface area (Å²) in [6.07, 6.45) is 0. The molecule has 0 unspecified atom stereocenters. The normalized spacial score (nSPS) is 12.0. The van der Waals surface area contributed by atoms with E-state index < -0.39 is 17.1 Å². The summed E-state index contributed by atoms with van der Waals surface area (Å²) < 4.78 is 15.7. The lowest BCUT2D eigenvalue weighted by Crippen LogP contribution is -2.38. The molecule has 9 heteroatoms. The van der Waals surface area contributed by atoms with Crippen molar-refractivity contribution in [1.29, 1.82) is 0 Å². The molecule has 3 rings (SSSR count). The molecule has 0 atom stereocenters. The highest BCUT2D eigenvalue weighted by atomic mass is 35.5. The lowest BCUT2D eigenvalue weighted by molar-refractivity contribution is 0.539. The maximum atomic E-state index is 13.3. The fourth-order valence-electron chi connectivity index (χ4n) is 2.65. The molecule has 0 aliphatic heterocycles. The Morgan fingerprint density at radius 2 is 1.82 bits per heavy atom. The molecule has 1 aromatic carbocycles. The molecule has 0 spiro atoms. The third-order valence-corrected chi connectivity index (χ3v) is 5.69. The maximum Gasteiger partial charge on any atom is 0.332 e. The van der Waals surface area contributed by atoms with Gasteiger partial charge in [-0.15, -0.1) is 11.8 Å². The van der Waals surface area contributed by atoms with Gasteiger partial charge in [-0.05, 0) is 17.7 Å². The zero-order valence-electron chi connectivity index (χ0n) is 16.2. The van der Waals surface area contributed by atoms with Gasteiger partial charge in [-0.25, -0.2) is 19.2 Å². The van der Waals surface area contributed by atoms with Crippen molar-refractivity contribution >= 4 is 34.4 Å². The van der Waals surface area contributed by atoms with Crippen molar-refractivity contribution in [2.75, 3.05) is 0 Å². The van der Waals surface area contributed by atoms with E-state index in [4.69, 9.17) is 11.6 Å². The summed E-state index contributed by atoms with van der Waals surface area (Å²) >= 11 is 7.43. The topological polar surface area (TPSA) is 69.8 Å². The summed E-state index contributed by atoms with van der Waals surface area (Å²) in [4.78, 5) is 34.2. The number of thioether (sulfide) groups is 1. The second-order valence-corrected chi connectivity index (χ2v) is 8.90. The Labute approximate surface area is 170 Å². The molecule has 28 heavy (non-hydrogen) atoms. The van der Waals surface area contributed by atoms with Crippen molar-refractivity contribution in [3.05, 3.63) is 61.3 Å². The van der Waals surface area contributed by atoms with E-state index in [2.05, 4.69) is 9.97 Å². The quantitative estimate of drug-likeness (QED) is 0.478. The second kappa shape index (κ2) is 7.33. The standard InChI is InChI=1S/C19H20ClFN4O2S/c1-19(2,3)17-22-14-13(16(26)25(5)18(27)24(14)4)15(23-17)28-9-10-6-7-11(21)8-12(10)20/h6-8H,9H2,1-5H3. The predicted molar refractivity (Wildman–Crippen MR) is 110 cm³/mol. The minimum Gasteiger partial charge on any atom is -0.280 e. The van der Waals surface area contributed by atoms with Gasteiger partial charge in [0.05, 0.1) is 0 Å². The maximum absolute atomic E-state index is 13.3. The Hall–Kier alpha value is -2.19. The molecule has 0 saturated heterocycles. The first-order chi connectivity index (χ1) is 13.0. The third kappa shape index (κ3) is 3.71. The minimum atomic E-state index is -0.453. The van der Waals surface area contributed by atoms with E-state index in [1.165, 1.54) is 35.5 Å². The number of fused-ring (bicyclic) bond motifs is 1. The monoisotopic (exact) mass is 422 g/mol. The van der Waals surface area contributed by atoms with Gasteiger partial charge in [0.2, 0.25) is 0 Å². The number of hydrogen-bond acceptors (Lipinski definition) is 5. The molecule has 0 radical (unpaired) electrons. The first-order valence-corrected chi connectivity index (χ1v) is 9.92. The molecular formula is C19H20ClFN4O2S. The lowest BCUT2D eigenvalue weighted by atomic mass is 9.96. The highest BCUT2D eigenvalue weighted by Gasteiger charge is 2.23. The molecule has 3 aromatic rings. The van der Waals surface area contributed by atoms with Crippen LogP contribution in [-0.4, -0.2) is 19.1 Å². The van der Waals surface area contributed by atoms with E-state index in [-0.39, 0.29) is 10.8 Å². The number of rotatable bonds is 3. The largest absolute Gasteiger partial charge is 0.332 e. The van der Waals surface area contributed by atoms with Crippen LogP contribution in [0.1, 0.15) is 32.2 Å². The van der Waals surface area contributed by atoms with Gasteiger partial charge < -0.3 is 0 Å². The summed E-state index contributed by atoms with van der Waals surface area (Å²) in [5.74, 6) is 0.502. The van der Waals surface area contributed by atoms with Gasteiger partial charge in [0.15, 0.2) is 5.65 Å². The molecular weight excluding hydrogens is 403 g/mol. The fraction of sp³-hybridized carbons (Fsp3) is 0.368. The third-order valence-electron chi connectivity index (χ3n) is 4.32. The average Bonchev–Trinajstić information content (AvgIpc) is 2.62. The van der Waals surface area contributed by atoms with Crippen molar-refractivity contribution in [2.45, 2.75) is 37.0 Å². The van der Waals surface area contributed by atoms with Crippen LogP contribution in [0.2, 0.25) is 5.02 Å². The van der Waals surface area contributed by atoms with Gasteiger partial charge in [0.25, 0.3) is 5.56 Å². The van der Waals surface area contributed by atoms with E-state index in [1.54, 1.807) is 13.1 Å². The van der Waals surface area contributed by atoms with Gasteiger partial charge in [-0.1, -0.05) is 38.4 Å². The average molecular weight is 423 g/mol. The van der Waals surface area contributed by atoms with Crippen LogP contribution in [0.15, 0.2) is 32.8 Å². The second-order valence-electron chi connectivity index (χ2n) is 7.53. The van der Waals surface area contributed by atoms with Gasteiger partial charge in [-0.3, -0.25) is 13.9 Å². The number of aryl methyl sites for hydroxylation is 1. The van der Waals surface area contributed by atoms with Crippen LogP contribution in [0.25, 0.3) is 11.0 Å². The van der Waals surface area contributed by atoms with Crippen LogP contribution < -0.4 is 11.2 Å². The molecule has 0 aliphatic rings. The van der Waals surface area contributed by atoms with Gasteiger partial charge >= 0.3 is 5.69 Å². The molecule has 0 saturated carbocycles. The van der Waals surface area contributed by atoms with Gasteiger partial charge in [0.1, 0.15) is 22.1 Å². The number of hydrogen-bond donors (Lipinski definition) is 0. The van der Waals surface area contributed by atoms with E-state index in [9.17, 15) is 14.0 Å².